The molecule has 0 spiro atoms. The summed E-state index contributed by atoms with van der Waals surface area (Å²) in [5, 5.41) is 9.06. The van der Waals surface area contributed by atoms with Gasteiger partial charge in [0.2, 0.25) is 0 Å². The average molecular weight is 191 g/mol. The van der Waals surface area contributed by atoms with E-state index in [9.17, 15) is 0 Å². The van der Waals surface area contributed by atoms with Crippen molar-refractivity contribution in [1.29, 1.82) is 0 Å². The normalized spacial score (nSPS) is 32.2. The van der Waals surface area contributed by atoms with Gasteiger partial charge in [0.25, 0.3) is 0 Å². The van der Waals surface area contributed by atoms with E-state index in [1.807, 2.05) is 6.26 Å². The molecular formula is C8H17NO2S. The second-order valence-corrected chi connectivity index (χ2v) is 3.89. The van der Waals surface area contributed by atoms with E-state index in [1.54, 1.807) is 19.1 Å². The molecular weight excluding hydrogens is 174 g/mol. The first-order valence-corrected chi connectivity index (χ1v) is 5.44. The molecule has 1 N–H and O–H groups in total. The third-order valence-electron chi connectivity index (χ3n) is 2.39. The summed E-state index contributed by atoms with van der Waals surface area (Å²) in [6, 6.07) is 0.325. The van der Waals surface area contributed by atoms with Crippen molar-refractivity contribution in [2.45, 2.75) is 25.0 Å². The molecule has 0 amide bonds. The standard InChI is InChI=1S/C8H17NO2S/c1-11-8-4-3-7(6-10)9(5-8)12-2/h7-8,10H,3-6H2,1-2H3/t7-,8-/m1/s1. The Morgan fingerprint density at radius 1 is 1.58 bits per heavy atom. The van der Waals surface area contributed by atoms with Gasteiger partial charge < -0.3 is 9.84 Å². The first-order chi connectivity index (χ1) is 5.81. The second kappa shape index (κ2) is 5.07. The number of aliphatic hydroxyl groups excluding tert-OH is 1. The molecule has 0 unspecified atom stereocenters. The molecule has 0 aliphatic carbocycles. The minimum absolute atomic E-state index is 0.261. The zero-order valence-corrected chi connectivity index (χ0v) is 8.51. The highest BCUT2D eigenvalue weighted by molar-refractivity contribution is 7.96. The number of methoxy groups -OCH3 is 1. The fraction of sp³-hybridized carbons (Fsp3) is 1.00. The van der Waals surface area contributed by atoms with Gasteiger partial charge in [-0.05, 0) is 19.1 Å². The van der Waals surface area contributed by atoms with Crippen LogP contribution in [0.1, 0.15) is 12.8 Å². The number of rotatable bonds is 3. The van der Waals surface area contributed by atoms with E-state index in [1.165, 1.54) is 0 Å². The SMILES string of the molecule is CO[C@@H]1CC[C@H](CO)N(SC)C1. The average Bonchev–Trinajstić information content (AvgIpc) is 2.16. The summed E-state index contributed by atoms with van der Waals surface area (Å²) in [6.07, 6.45) is 4.50. The molecule has 3 nitrogen and oxygen atoms in total. The molecule has 2 atom stereocenters. The molecule has 4 heteroatoms. The maximum absolute atomic E-state index is 9.06. The molecule has 72 valence electrons. The van der Waals surface area contributed by atoms with Crippen molar-refractivity contribution in [3.05, 3.63) is 0 Å². The summed E-state index contributed by atoms with van der Waals surface area (Å²) in [5.74, 6) is 0. The van der Waals surface area contributed by atoms with Crippen molar-refractivity contribution in [2.24, 2.45) is 0 Å². The van der Waals surface area contributed by atoms with Gasteiger partial charge in [-0.2, -0.15) is 0 Å². The zero-order valence-electron chi connectivity index (χ0n) is 7.69. The minimum atomic E-state index is 0.261. The first-order valence-electron chi connectivity index (χ1n) is 4.26. The van der Waals surface area contributed by atoms with Crippen molar-refractivity contribution in [3.63, 3.8) is 0 Å². The highest BCUT2D eigenvalue weighted by atomic mass is 32.2. The highest BCUT2D eigenvalue weighted by Gasteiger charge is 2.26. The van der Waals surface area contributed by atoms with E-state index in [0.717, 1.165) is 19.4 Å². The minimum Gasteiger partial charge on any atom is -0.395 e. The maximum Gasteiger partial charge on any atom is 0.0708 e. The quantitative estimate of drug-likeness (QED) is 0.667. The van der Waals surface area contributed by atoms with E-state index in [-0.39, 0.29) is 6.61 Å². The lowest BCUT2D eigenvalue weighted by Gasteiger charge is -2.36. The Kier molecular flexibility index (Phi) is 4.35. The van der Waals surface area contributed by atoms with E-state index < -0.39 is 0 Å². The van der Waals surface area contributed by atoms with Gasteiger partial charge in [-0.15, -0.1) is 0 Å². The molecule has 0 aromatic rings. The molecule has 1 fully saturated rings. The number of aliphatic hydroxyl groups is 1. The summed E-state index contributed by atoms with van der Waals surface area (Å²) in [4.78, 5) is 0. The van der Waals surface area contributed by atoms with Gasteiger partial charge in [-0.3, -0.25) is 0 Å². The van der Waals surface area contributed by atoms with Crippen LogP contribution in [0.3, 0.4) is 0 Å². The Labute approximate surface area is 78.2 Å². The Morgan fingerprint density at radius 2 is 2.33 bits per heavy atom. The van der Waals surface area contributed by atoms with Crippen LogP contribution in [0.2, 0.25) is 0 Å². The molecule has 1 aliphatic heterocycles. The number of nitrogens with zero attached hydrogens (tertiary/aromatic N) is 1. The molecule has 1 saturated heterocycles. The van der Waals surface area contributed by atoms with Gasteiger partial charge in [0.1, 0.15) is 0 Å². The Bertz CT molecular complexity index is 134. The number of piperidine rings is 1. The van der Waals surface area contributed by atoms with Crippen LogP contribution in [0.4, 0.5) is 0 Å². The van der Waals surface area contributed by atoms with E-state index >= 15 is 0 Å². The highest BCUT2D eigenvalue weighted by Crippen LogP contribution is 2.23. The van der Waals surface area contributed by atoms with Crippen molar-refractivity contribution in [3.8, 4) is 0 Å². The van der Waals surface area contributed by atoms with Crippen LogP contribution in [-0.4, -0.2) is 48.1 Å². The number of hydrogen-bond acceptors (Lipinski definition) is 4. The van der Waals surface area contributed by atoms with Crippen molar-refractivity contribution < 1.29 is 9.84 Å². The summed E-state index contributed by atoms with van der Waals surface area (Å²) >= 11 is 1.69. The van der Waals surface area contributed by atoms with Crippen LogP contribution in [0.25, 0.3) is 0 Å². The van der Waals surface area contributed by atoms with Gasteiger partial charge in [-0.25, -0.2) is 4.31 Å². The fourth-order valence-corrected chi connectivity index (χ4v) is 2.35. The summed E-state index contributed by atoms with van der Waals surface area (Å²) in [6.45, 7) is 1.19. The monoisotopic (exact) mass is 191 g/mol. The third kappa shape index (κ3) is 2.36. The van der Waals surface area contributed by atoms with Gasteiger partial charge in [0, 0.05) is 19.7 Å². The summed E-state index contributed by atoms with van der Waals surface area (Å²) < 4.78 is 7.49. The van der Waals surface area contributed by atoms with Crippen molar-refractivity contribution >= 4 is 11.9 Å². The molecule has 1 heterocycles. The fourth-order valence-electron chi connectivity index (χ4n) is 1.56. The van der Waals surface area contributed by atoms with Gasteiger partial charge in [0.05, 0.1) is 12.7 Å². The van der Waals surface area contributed by atoms with Crippen LogP contribution in [0.15, 0.2) is 0 Å². The largest absolute Gasteiger partial charge is 0.395 e. The third-order valence-corrected chi connectivity index (χ3v) is 3.31. The van der Waals surface area contributed by atoms with Crippen LogP contribution in [0, 0.1) is 0 Å². The first kappa shape index (κ1) is 10.3. The predicted molar refractivity (Wildman–Crippen MR) is 51.1 cm³/mol. The van der Waals surface area contributed by atoms with Crippen LogP contribution >= 0.6 is 11.9 Å². The van der Waals surface area contributed by atoms with Crippen molar-refractivity contribution in [1.82, 2.24) is 4.31 Å². The lowest BCUT2D eigenvalue weighted by atomic mass is 10.0. The lowest BCUT2D eigenvalue weighted by Crippen LogP contribution is -2.43. The van der Waals surface area contributed by atoms with E-state index in [2.05, 4.69) is 4.31 Å². The van der Waals surface area contributed by atoms with Gasteiger partial charge in [0.15, 0.2) is 0 Å². The molecule has 0 aromatic carbocycles. The number of ether oxygens (including phenoxy) is 1. The topological polar surface area (TPSA) is 32.7 Å². The predicted octanol–water partition coefficient (Wildman–Crippen LogP) is 0.736. The smallest absolute Gasteiger partial charge is 0.0708 e. The Balaban J connectivity index is 2.41. The summed E-state index contributed by atoms with van der Waals surface area (Å²) in [7, 11) is 1.75. The Morgan fingerprint density at radius 3 is 2.83 bits per heavy atom. The molecule has 0 radical (unpaired) electrons. The number of hydrogen-bond donors (Lipinski definition) is 1. The molecule has 1 rings (SSSR count). The van der Waals surface area contributed by atoms with Crippen LogP contribution in [-0.2, 0) is 4.74 Å². The molecule has 1 aliphatic rings. The van der Waals surface area contributed by atoms with Crippen molar-refractivity contribution in [2.75, 3.05) is 26.5 Å². The zero-order chi connectivity index (χ0) is 8.97. The van der Waals surface area contributed by atoms with Gasteiger partial charge in [-0.1, -0.05) is 11.9 Å². The maximum atomic E-state index is 9.06. The van der Waals surface area contributed by atoms with Crippen LogP contribution < -0.4 is 0 Å². The molecule has 0 bridgehead atoms. The van der Waals surface area contributed by atoms with E-state index in [0.29, 0.717) is 12.1 Å². The van der Waals surface area contributed by atoms with Crippen LogP contribution in [0.5, 0.6) is 0 Å². The lowest BCUT2D eigenvalue weighted by molar-refractivity contribution is 0.0302. The Hall–Kier alpha value is 0.230. The summed E-state index contributed by atoms with van der Waals surface area (Å²) in [5.41, 5.74) is 0. The molecule has 0 saturated carbocycles. The second-order valence-electron chi connectivity index (χ2n) is 3.05. The van der Waals surface area contributed by atoms with E-state index in [4.69, 9.17) is 9.84 Å². The molecule has 12 heavy (non-hydrogen) atoms. The van der Waals surface area contributed by atoms with Gasteiger partial charge >= 0.3 is 0 Å². The molecule has 0 aromatic heterocycles.